The Morgan fingerprint density at radius 2 is 2.42 bits per heavy atom. The molecule has 106 valence electrons. The number of aryl methyl sites for hydroxylation is 2. The summed E-state index contributed by atoms with van der Waals surface area (Å²) in [5, 5.41) is 7.71. The topological polar surface area (TPSA) is 56.1 Å². The standard InChI is InChI=1S/C14H23N3O2/c1-3-11-7-12(17(4-2)16-11)8-13(18)9-14-10-15-5-6-19-14/h7,14-15H,3-6,8-10H2,1-2H3. The third-order valence-electron chi connectivity index (χ3n) is 3.41. The number of morpholine rings is 1. The summed E-state index contributed by atoms with van der Waals surface area (Å²) in [6.07, 6.45) is 1.89. The highest BCUT2D eigenvalue weighted by molar-refractivity contribution is 5.81. The maximum atomic E-state index is 12.1. The zero-order chi connectivity index (χ0) is 13.7. The van der Waals surface area contributed by atoms with Gasteiger partial charge in [0.2, 0.25) is 0 Å². The van der Waals surface area contributed by atoms with E-state index in [-0.39, 0.29) is 11.9 Å². The summed E-state index contributed by atoms with van der Waals surface area (Å²) in [5.74, 6) is 0.228. The van der Waals surface area contributed by atoms with E-state index in [4.69, 9.17) is 4.74 Å². The Bertz CT molecular complexity index is 422. The SMILES string of the molecule is CCc1cc(CC(=O)CC2CNCCO2)n(CC)n1. The summed E-state index contributed by atoms with van der Waals surface area (Å²) in [7, 11) is 0. The average Bonchev–Trinajstić information content (AvgIpc) is 2.82. The Morgan fingerprint density at radius 3 is 3.05 bits per heavy atom. The van der Waals surface area contributed by atoms with Crippen molar-refractivity contribution in [2.75, 3.05) is 19.7 Å². The molecular formula is C14H23N3O2. The number of carbonyl (C=O) groups is 1. The quantitative estimate of drug-likeness (QED) is 0.832. The van der Waals surface area contributed by atoms with Crippen molar-refractivity contribution in [3.05, 3.63) is 17.5 Å². The molecule has 1 aliphatic rings. The number of aromatic nitrogens is 2. The van der Waals surface area contributed by atoms with E-state index in [2.05, 4.69) is 24.3 Å². The van der Waals surface area contributed by atoms with Crippen LogP contribution in [0.1, 0.15) is 31.7 Å². The third kappa shape index (κ3) is 3.88. The fourth-order valence-corrected chi connectivity index (χ4v) is 2.38. The number of nitrogens with zero attached hydrogens (tertiary/aromatic N) is 2. The van der Waals surface area contributed by atoms with E-state index < -0.39 is 0 Å². The van der Waals surface area contributed by atoms with E-state index in [9.17, 15) is 4.79 Å². The maximum Gasteiger partial charge on any atom is 0.141 e. The molecule has 0 aliphatic carbocycles. The first-order valence-electron chi connectivity index (χ1n) is 7.12. The minimum absolute atomic E-state index is 0.0323. The van der Waals surface area contributed by atoms with Crippen LogP contribution in [-0.4, -0.2) is 41.4 Å². The highest BCUT2D eigenvalue weighted by Gasteiger charge is 2.18. The van der Waals surface area contributed by atoms with Crippen LogP contribution in [0.25, 0.3) is 0 Å². The van der Waals surface area contributed by atoms with Gasteiger partial charge in [-0.1, -0.05) is 6.92 Å². The van der Waals surface area contributed by atoms with Gasteiger partial charge in [-0.3, -0.25) is 9.48 Å². The van der Waals surface area contributed by atoms with Gasteiger partial charge in [-0.15, -0.1) is 0 Å². The van der Waals surface area contributed by atoms with Gasteiger partial charge in [0.15, 0.2) is 0 Å². The van der Waals surface area contributed by atoms with Crippen molar-refractivity contribution in [1.29, 1.82) is 0 Å². The molecule has 2 heterocycles. The van der Waals surface area contributed by atoms with Gasteiger partial charge in [-0.05, 0) is 19.4 Å². The molecule has 0 bridgehead atoms. The Labute approximate surface area is 114 Å². The molecule has 5 nitrogen and oxygen atoms in total. The molecule has 1 saturated heterocycles. The summed E-state index contributed by atoms with van der Waals surface area (Å²) < 4.78 is 7.49. The fraction of sp³-hybridized carbons (Fsp3) is 0.714. The molecule has 0 radical (unpaired) electrons. The van der Waals surface area contributed by atoms with Crippen molar-refractivity contribution in [3.8, 4) is 0 Å². The van der Waals surface area contributed by atoms with Gasteiger partial charge < -0.3 is 10.1 Å². The summed E-state index contributed by atoms with van der Waals surface area (Å²) in [6.45, 7) is 7.30. The van der Waals surface area contributed by atoms with Crippen LogP contribution < -0.4 is 5.32 Å². The lowest BCUT2D eigenvalue weighted by molar-refractivity contribution is -0.121. The Kier molecular flexibility index (Phi) is 5.10. The molecule has 0 spiro atoms. The Balaban J connectivity index is 1.92. The first kappa shape index (κ1) is 14.2. The number of carbonyl (C=O) groups excluding carboxylic acids is 1. The molecule has 0 amide bonds. The number of hydrogen-bond donors (Lipinski definition) is 1. The van der Waals surface area contributed by atoms with Crippen molar-refractivity contribution in [1.82, 2.24) is 15.1 Å². The molecule has 19 heavy (non-hydrogen) atoms. The summed E-state index contributed by atoms with van der Waals surface area (Å²) >= 11 is 0. The van der Waals surface area contributed by atoms with E-state index in [1.54, 1.807) is 0 Å². The number of ketones is 1. The van der Waals surface area contributed by atoms with Crippen molar-refractivity contribution < 1.29 is 9.53 Å². The first-order valence-corrected chi connectivity index (χ1v) is 7.12. The highest BCUT2D eigenvalue weighted by Crippen LogP contribution is 2.10. The van der Waals surface area contributed by atoms with Crippen LogP contribution in [0, 0.1) is 0 Å². The van der Waals surface area contributed by atoms with Crippen molar-refractivity contribution >= 4 is 5.78 Å². The van der Waals surface area contributed by atoms with Crippen molar-refractivity contribution in [2.45, 2.75) is 45.8 Å². The molecule has 0 aromatic carbocycles. The van der Waals surface area contributed by atoms with Gasteiger partial charge in [0.1, 0.15) is 5.78 Å². The number of rotatable bonds is 6. The van der Waals surface area contributed by atoms with Crippen LogP contribution in [0.4, 0.5) is 0 Å². The maximum absolute atomic E-state index is 12.1. The fourth-order valence-electron chi connectivity index (χ4n) is 2.38. The van der Waals surface area contributed by atoms with Crippen LogP contribution in [-0.2, 0) is 28.9 Å². The second-order valence-electron chi connectivity index (χ2n) is 4.91. The second-order valence-corrected chi connectivity index (χ2v) is 4.91. The third-order valence-corrected chi connectivity index (χ3v) is 3.41. The summed E-state index contributed by atoms with van der Waals surface area (Å²) in [5.41, 5.74) is 2.08. The summed E-state index contributed by atoms with van der Waals surface area (Å²) in [6, 6.07) is 2.04. The van der Waals surface area contributed by atoms with Gasteiger partial charge in [0.05, 0.1) is 18.4 Å². The molecule has 5 heteroatoms. The molecule has 1 atom stereocenters. The lowest BCUT2D eigenvalue weighted by Crippen LogP contribution is -2.39. The molecule has 1 fully saturated rings. The number of hydrogen-bond acceptors (Lipinski definition) is 4. The Hall–Kier alpha value is -1.20. The number of nitrogens with one attached hydrogen (secondary N) is 1. The molecule has 1 aliphatic heterocycles. The van der Waals surface area contributed by atoms with Crippen molar-refractivity contribution in [2.24, 2.45) is 0 Å². The Morgan fingerprint density at radius 1 is 1.58 bits per heavy atom. The van der Waals surface area contributed by atoms with Crippen LogP contribution >= 0.6 is 0 Å². The predicted octanol–water partition coefficient (Wildman–Crippen LogP) is 0.955. The van der Waals surface area contributed by atoms with Crippen LogP contribution in [0.2, 0.25) is 0 Å². The molecule has 1 N–H and O–H groups in total. The van der Waals surface area contributed by atoms with Gasteiger partial charge in [0, 0.05) is 38.2 Å². The number of ether oxygens (including phenoxy) is 1. The van der Waals surface area contributed by atoms with Gasteiger partial charge in [-0.25, -0.2) is 0 Å². The molecule has 0 saturated carbocycles. The minimum atomic E-state index is 0.0323. The molecular weight excluding hydrogens is 242 g/mol. The first-order chi connectivity index (χ1) is 9.22. The zero-order valence-electron chi connectivity index (χ0n) is 11.8. The van der Waals surface area contributed by atoms with Crippen molar-refractivity contribution in [3.63, 3.8) is 0 Å². The number of Topliss-reactive ketones (excluding diaryl/α,β-unsaturated/α-hetero) is 1. The van der Waals surface area contributed by atoms with E-state index in [1.807, 2.05) is 10.7 Å². The van der Waals surface area contributed by atoms with E-state index in [0.717, 1.165) is 37.4 Å². The van der Waals surface area contributed by atoms with Gasteiger partial charge in [-0.2, -0.15) is 5.10 Å². The molecule has 1 aromatic rings. The van der Waals surface area contributed by atoms with Crippen LogP contribution in [0.3, 0.4) is 0 Å². The lowest BCUT2D eigenvalue weighted by atomic mass is 10.1. The van der Waals surface area contributed by atoms with E-state index in [1.165, 1.54) is 0 Å². The van der Waals surface area contributed by atoms with Crippen LogP contribution in [0.5, 0.6) is 0 Å². The smallest absolute Gasteiger partial charge is 0.141 e. The van der Waals surface area contributed by atoms with E-state index >= 15 is 0 Å². The normalized spacial score (nSPS) is 19.6. The molecule has 1 aromatic heterocycles. The zero-order valence-corrected chi connectivity index (χ0v) is 11.8. The van der Waals surface area contributed by atoms with E-state index in [0.29, 0.717) is 19.4 Å². The molecule has 1 unspecified atom stereocenters. The molecule has 2 rings (SSSR count). The predicted molar refractivity (Wildman–Crippen MR) is 73.2 cm³/mol. The minimum Gasteiger partial charge on any atom is -0.375 e. The largest absolute Gasteiger partial charge is 0.375 e. The monoisotopic (exact) mass is 265 g/mol. The summed E-state index contributed by atoms with van der Waals surface area (Å²) in [4.78, 5) is 12.1. The van der Waals surface area contributed by atoms with Gasteiger partial charge >= 0.3 is 0 Å². The van der Waals surface area contributed by atoms with Gasteiger partial charge in [0.25, 0.3) is 0 Å². The second kappa shape index (κ2) is 6.82. The highest BCUT2D eigenvalue weighted by atomic mass is 16.5. The lowest BCUT2D eigenvalue weighted by Gasteiger charge is -2.22. The average molecular weight is 265 g/mol. The van der Waals surface area contributed by atoms with Crippen LogP contribution in [0.15, 0.2) is 6.07 Å².